The van der Waals surface area contributed by atoms with Gasteiger partial charge in [-0.15, -0.1) is 0 Å². The van der Waals surface area contributed by atoms with Gasteiger partial charge in [0.25, 0.3) is 0 Å². The summed E-state index contributed by atoms with van der Waals surface area (Å²) in [5.41, 5.74) is -0.526. The summed E-state index contributed by atoms with van der Waals surface area (Å²) in [5.74, 6) is 0. The molecule has 0 nitrogen and oxygen atoms in total. The van der Waals surface area contributed by atoms with Crippen LogP contribution in [0.25, 0.3) is 0 Å². The van der Waals surface area contributed by atoms with Gasteiger partial charge in [0.1, 0.15) is 0 Å². The number of halogens is 3. The van der Waals surface area contributed by atoms with Crippen molar-refractivity contribution in [2.24, 2.45) is 0 Å². The summed E-state index contributed by atoms with van der Waals surface area (Å²) in [6.45, 7) is 0. The number of hydrogen-bond donors (Lipinski definition) is 0. The summed E-state index contributed by atoms with van der Waals surface area (Å²) in [4.78, 5) is 6.30. The predicted octanol–water partition coefficient (Wildman–Crippen LogP) is 3.25. The van der Waals surface area contributed by atoms with E-state index in [0.717, 1.165) is 9.65 Å². The quantitative estimate of drug-likeness (QED) is 0.699. The molecule has 0 aromatic heterocycles. The topological polar surface area (TPSA) is 0 Å². The molecule has 0 unspecified atom stereocenters. The maximum absolute atomic E-state index is 12.4. The van der Waals surface area contributed by atoms with Gasteiger partial charge in [-0.2, -0.15) is 0 Å². The molecule has 0 aliphatic heterocycles. The molecule has 0 fully saturated rings. The molecule has 14 heavy (non-hydrogen) atoms. The molecule has 0 saturated heterocycles. The molecule has 0 saturated carbocycles. The zero-order valence-electron chi connectivity index (χ0n) is 8.44. The molecule has 0 N–H and O–H groups in total. The van der Waals surface area contributed by atoms with E-state index in [4.69, 9.17) is 0 Å². The van der Waals surface area contributed by atoms with Crippen molar-refractivity contribution >= 4 is 22.0 Å². The molecule has 0 amide bonds. The number of hydrogen-bond acceptors (Lipinski definition) is 0. The molecular weight excluding hydrogens is 296 g/mol. The van der Waals surface area contributed by atoms with Crippen LogP contribution in [0.4, 0.5) is 13.2 Å². The van der Waals surface area contributed by atoms with E-state index in [9.17, 15) is 13.2 Å². The Labute approximate surface area is 86.0 Å². The number of rotatable bonds is 1. The van der Waals surface area contributed by atoms with E-state index in [1.54, 1.807) is 0 Å². The standard InChI is InChI=1S/C7H4F3.3CH3.Sn/c8-7(9,10)6-4-2-1-3-5-6;;;;/h1-2,4-5H;3*1H3;. The summed E-state index contributed by atoms with van der Waals surface area (Å²) >= 11 is -2.36. The van der Waals surface area contributed by atoms with E-state index in [1.807, 2.05) is 6.07 Å². The molecule has 78 valence electrons. The molecule has 0 aliphatic rings. The van der Waals surface area contributed by atoms with Gasteiger partial charge in [0, 0.05) is 0 Å². The third-order valence-corrected chi connectivity index (χ3v) is 7.89. The molecule has 0 radical (unpaired) electrons. The molecule has 1 aromatic rings. The zero-order valence-corrected chi connectivity index (χ0v) is 11.3. The summed E-state index contributed by atoms with van der Waals surface area (Å²) in [7, 11) is 0. The van der Waals surface area contributed by atoms with Gasteiger partial charge in [-0.1, -0.05) is 0 Å². The van der Waals surface area contributed by atoms with Crippen molar-refractivity contribution in [2.75, 3.05) is 0 Å². The summed E-state index contributed by atoms with van der Waals surface area (Å²) in [5, 5.41) is 0. The van der Waals surface area contributed by atoms with Gasteiger partial charge >= 0.3 is 86.0 Å². The fourth-order valence-corrected chi connectivity index (χ4v) is 4.54. The minimum atomic E-state index is -4.22. The zero-order chi connectivity index (χ0) is 11.0. The van der Waals surface area contributed by atoms with Crippen LogP contribution in [0.2, 0.25) is 14.8 Å². The molecule has 1 aromatic carbocycles. The van der Waals surface area contributed by atoms with Crippen LogP contribution in [0.5, 0.6) is 0 Å². The second kappa shape index (κ2) is 3.76. The van der Waals surface area contributed by atoms with Gasteiger partial charge in [-0.05, 0) is 0 Å². The second-order valence-corrected chi connectivity index (χ2v) is 18.8. The Morgan fingerprint density at radius 2 is 1.64 bits per heavy atom. The fourth-order valence-electron chi connectivity index (χ4n) is 1.16. The van der Waals surface area contributed by atoms with Crippen molar-refractivity contribution in [2.45, 2.75) is 21.0 Å². The Kier molecular flexibility index (Phi) is 3.19. The first kappa shape index (κ1) is 11.9. The van der Waals surface area contributed by atoms with E-state index < -0.39 is 30.1 Å². The van der Waals surface area contributed by atoms with Gasteiger partial charge in [0.05, 0.1) is 0 Å². The summed E-state index contributed by atoms with van der Waals surface area (Å²) < 4.78 is 38.0. The molecule has 0 aliphatic carbocycles. The van der Waals surface area contributed by atoms with E-state index in [0.29, 0.717) is 0 Å². The average Bonchev–Trinajstić information content (AvgIpc) is 2.01. The molecular formula is C10H13F3Sn. The third-order valence-electron chi connectivity index (χ3n) is 2.06. The van der Waals surface area contributed by atoms with Crippen LogP contribution >= 0.6 is 0 Å². The Balaban J connectivity index is 3.15. The first-order valence-electron chi connectivity index (χ1n) is 4.39. The first-order valence-corrected chi connectivity index (χ1v) is 14.4. The monoisotopic (exact) mass is 310 g/mol. The van der Waals surface area contributed by atoms with Crippen LogP contribution in [0.1, 0.15) is 5.56 Å². The van der Waals surface area contributed by atoms with Crippen molar-refractivity contribution in [1.82, 2.24) is 0 Å². The molecule has 0 heterocycles. The summed E-state index contributed by atoms with van der Waals surface area (Å²) in [6.07, 6.45) is -4.22. The molecule has 0 spiro atoms. The predicted molar refractivity (Wildman–Crippen MR) is 54.4 cm³/mol. The van der Waals surface area contributed by atoms with Crippen LogP contribution in [0.15, 0.2) is 24.3 Å². The minimum absolute atomic E-state index is 0.526. The van der Waals surface area contributed by atoms with Crippen LogP contribution in [0, 0.1) is 0 Å². The normalized spacial score (nSPS) is 13.0. The van der Waals surface area contributed by atoms with Crippen molar-refractivity contribution < 1.29 is 13.2 Å². The summed E-state index contributed by atoms with van der Waals surface area (Å²) in [6, 6.07) is 5.74. The SMILES string of the molecule is [CH3][Sn]([CH3])([CH3])[c]1cccc(C(F)(F)F)c1. The fraction of sp³-hybridized carbons (Fsp3) is 0.400. The van der Waals surface area contributed by atoms with E-state index in [1.165, 1.54) is 12.1 Å². The van der Waals surface area contributed by atoms with Gasteiger partial charge in [0.15, 0.2) is 0 Å². The van der Waals surface area contributed by atoms with Crippen LogP contribution in [0.3, 0.4) is 0 Å². The van der Waals surface area contributed by atoms with Crippen molar-refractivity contribution in [1.29, 1.82) is 0 Å². The first-order chi connectivity index (χ1) is 6.21. The Hall–Kier alpha value is -0.191. The molecule has 0 atom stereocenters. The van der Waals surface area contributed by atoms with E-state index in [2.05, 4.69) is 14.8 Å². The van der Waals surface area contributed by atoms with Gasteiger partial charge in [-0.3, -0.25) is 0 Å². The molecule has 1 rings (SSSR count). The Bertz CT molecular complexity index is 294. The van der Waals surface area contributed by atoms with Crippen LogP contribution in [-0.2, 0) is 6.18 Å². The van der Waals surface area contributed by atoms with Crippen LogP contribution in [-0.4, -0.2) is 18.4 Å². The number of benzene rings is 1. The maximum atomic E-state index is 12.4. The molecule has 4 heteroatoms. The Morgan fingerprint density at radius 1 is 1.07 bits per heavy atom. The van der Waals surface area contributed by atoms with Crippen molar-refractivity contribution in [3.05, 3.63) is 29.8 Å². The number of alkyl halides is 3. The van der Waals surface area contributed by atoms with E-state index in [-0.39, 0.29) is 0 Å². The van der Waals surface area contributed by atoms with Gasteiger partial charge in [-0.25, -0.2) is 0 Å². The van der Waals surface area contributed by atoms with Gasteiger partial charge in [0.2, 0.25) is 0 Å². The second-order valence-electron chi connectivity index (χ2n) is 4.33. The van der Waals surface area contributed by atoms with Crippen molar-refractivity contribution in [3.8, 4) is 0 Å². The molecule has 0 bridgehead atoms. The average molecular weight is 309 g/mol. The third kappa shape index (κ3) is 2.90. The van der Waals surface area contributed by atoms with Crippen LogP contribution < -0.4 is 3.58 Å². The van der Waals surface area contributed by atoms with Crippen molar-refractivity contribution in [3.63, 3.8) is 0 Å². The Morgan fingerprint density at radius 3 is 2.07 bits per heavy atom. The van der Waals surface area contributed by atoms with Gasteiger partial charge < -0.3 is 0 Å². The van der Waals surface area contributed by atoms with E-state index >= 15 is 0 Å².